The number of anilines is 1. The smallest absolute Gasteiger partial charge is 0.162 e. The van der Waals surface area contributed by atoms with Crippen molar-refractivity contribution in [3.05, 3.63) is 77.8 Å². The zero-order valence-corrected chi connectivity index (χ0v) is 15.5. The number of halogens is 1. The molecule has 0 saturated carbocycles. The number of rotatable bonds is 4. The molecule has 28 heavy (non-hydrogen) atoms. The number of hydrogen-bond acceptors (Lipinski definition) is 5. The summed E-state index contributed by atoms with van der Waals surface area (Å²) in [6, 6.07) is 18.0. The largest absolute Gasteiger partial charge is 0.364 e. The number of aromatic nitrogens is 5. The van der Waals surface area contributed by atoms with E-state index in [9.17, 15) is 0 Å². The average molecular weight is 387 g/mol. The van der Waals surface area contributed by atoms with Gasteiger partial charge in [-0.05, 0) is 17.7 Å². The lowest BCUT2D eigenvalue weighted by Crippen LogP contribution is -2.05. The van der Waals surface area contributed by atoms with E-state index >= 15 is 0 Å². The van der Waals surface area contributed by atoms with Crippen molar-refractivity contribution >= 4 is 39.5 Å². The van der Waals surface area contributed by atoms with E-state index in [0.717, 1.165) is 27.7 Å². The Labute approximate surface area is 165 Å². The Hall–Kier alpha value is -3.51. The lowest BCUT2D eigenvalue weighted by atomic mass is 10.0. The summed E-state index contributed by atoms with van der Waals surface area (Å²) < 4.78 is 0. The maximum Gasteiger partial charge on any atom is 0.162 e. The predicted molar refractivity (Wildman–Crippen MR) is 111 cm³/mol. The normalized spacial score (nSPS) is 11.2. The molecule has 5 aromatic rings. The fourth-order valence-electron chi connectivity index (χ4n) is 3.26. The third-order valence-electron chi connectivity index (χ3n) is 4.59. The molecule has 3 aromatic heterocycles. The van der Waals surface area contributed by atoms with Crippen molar-refractivity contribution in [3.8, 4) is 11.3 Å². The first kappa shape index (κ1) is 16.6. The summed E-state index contributed by atoms with van der Waals surface area (Å²) >= 11 is 6.39. The van der Waals surface area contributed by atoms with Crippen LogP contribution in [0.4, 0.5) is 5.82 Å². The molecule has 0 saturated heterocycles. The van der Waals surface area contributed by atoms with E-state index in [0.29, 0.717) is 28.5 Å². The van der Waals surface area contributed by atoms with Crippen molar-refractivity contribution in [1.82, 2.24) is 24.9 Å². The summed E-state index contributed by atoms with van der Waals surface area (Å²) in [5.74, 6) is 0.677. The maximum absolute atomic E-state index is 6.39. The van der Waals surface area contributed by atoms with Crippen LogP contribution < -0.4 is 5.32 Å². The van der Waals surface area contributed by atoms with E-state index in [1.54, 1.807) is 6.33 Å². The van der Waals surface area contributed by atoms with Gasteiger partial charge in [-0.3, -0.25) is 0 Å². The Morgan fingerprint density at radius 2 is 1.82 bits per heavy atom. The molecular weight excluding hydrogens is 372 g/mol. The number of pyridine rings is 1. The number of para-hydroxylation sites is 1. The molecule has 5 rings (SSSR count). The van der Waals surface area contributed by atoms with Gasteiger partial charge in [-0.15, -0.1) is 0 Å². The Morgan fingerprint density at radius 1 is 0.929 bits per heavy atom. The molecule has 0 atom stereocenters. The Bertz CT molecular complexity index is 1280. The van der Waals surface area contributed by atoms with E-state index in [4.69, 9.17) is 16.6 Å². The molecule has 2 aromatic carbocycles. The molecule has 7 heteroatoms. The number of nitrogens with one attached hydrogen (secondary N) is 2. The van der Waals surface area contributed by atoms with E-state index in [1.807, 2.05) is 48.5 Å². The number of imidazole rings is 1. The van der Waals surface area contributed by atoms with Gasteiger partial charge in [0.1, 0.15) is 11.8 Å². The van der Waals surface area contributed by atoms with Crippen LogP contribution in [0, 0.1) is 0 Å². The molecule has 0 amide bonds. The third kappa shape index (κ3) is 2.93. The van der Waals surface area contributed by atoms with Crippen LogP contribution in [0.5, 0.6) is 0 Å². The first-order valence-corrected chi connectivity index (χ1v) is 9.19. The number of fused-ring (bicyclic) bond motifs is 2. The first-order chi connectivity index (χ1) is 13.8. The highest BCUT2D eigenvalue weighted by atomic mass is 35.5. The summed E-state index contributed by atoms with van der Waals surface area (Å²) in [5, 5.41) is 5.01. The number of H-pyrrole nitrogens is 1. The fourth-order valence-corrected chi connectivity index (χ4v) is 3.48. The molecule has 0 fully saturated rings. The van der Waals surface area contributed by atoms with Crippen LogP contribution in [0.25, 0.3) is 33.3 Å². The van der Waals surface area contributed by atoms with Crippen molar-refractivity contribution in [2.24, 2.45) is 0 Å². The van der Waals surface area contributed by atoms with Crippen LogP contribution in [-0.2, 0) is 6.54 Å². The first-order valence-electron chi connectivity index (χ1n) is 8.81. The highest BCUT2D eigenvalue weighted by Gasteiger charge is 2.12. The van der Waals surface area contributed by atoms with Crippen molar-refractivity contribution < 1.29 is 0 Å². The summed E-state index contributed by atoms with van der Waals surface area (Å²) in [5.41, 5.74) is 5.17. The maximum atomic E-state index is 6.39. The molecule has 0 unspecified atom stereocenters. The fraction of sp³-hybridized carbons (Fsp3) is 0.0476. The Kier molecular flexibility index (Phi) is 4.10. The van der Waals surface area contributed by atoms with Gasteiger partial charge in [0, 0.05) is 17.5 Å². The van der Waals surface area contributed by atoms with Crippen LogP contribution in [-0.4, -0.2) is 24.9 Å². The summed E-state index contributed by atoms with van der Waals surface area (Å²) in [7, 11) is 0. The molecule has 0 bridgehead atoms. The van der Waals surface area contributed by atoms with Crippen molar-refractivity contribution in [2.75, 3.05) is 5.32 Å². The van der Waals surface area contributed by atoms with Gasteiger partial charge in [0.05, 0.1) is 22.6 Å². The quantitative estimate of drug-likeness (QED) is 0.462. The highest BCUT2D eigenvalue weighted by Crippen LogP contribution is 2.30. The predicted octanol–water partition coefficient (Wildman–Crippen LogP) is 4.83. The van der Waals surface area contributed by atoms with Gasteiger partial charge in [0.15, 0.2) is 11.5 Å². The van der Waals surface area contributed by atoms with Crippen molar-refractivity contribution in [1.29, 1.82) is 0 Å². The molecule has 2 N–H and O–H groups in total. The van der Waals surface area contributed by atoms with Crippen LogP contribution in [0.3, 0.4) is 0 Å². The lowest BCUT2D eigenvalue weighted by molar-refractivity contribution is 1.09. The third-order valence-corrected chi connectivity index (χ3v) is 4.89. The minimum Gasteiger partial charge on any atom is -0.364 e. The number of benzene rings is 2. The van der Waals surface area contributed by atoms with E-state index in [-0.39, 0.29) is 0 Å². The molecule has 0 aliphatic carbocycles. The average Bonchev–Trinajstić information content (AvgIpc) is 3.22. The highest BCUT2D eigenvalue weighted by molar-refractivity contribution is 6.35. The lowest BCUT2D eigenvalue weighted by Gasteiger charge is -2.13. The Balaban J connectivity index is 1.60. The number of aromatic amines is 1. The molecule has 6 nitrogen and oxygen atoms in total. The van der Waals surface area contributed by atoms with Gasteiger partial charge < -0.3 is 10.3 Å². The van der Waals surface area contributed by atoms with Gasteiger partial charge in [-0.2, -0.15) is 0 Å². The standard InChI is InChI=1S/C21H15ClN6/c22-16-8-4-7-14-9-15(17(28-18(14)16)13-5-2-1-3-6-13)10-23-20-19-21(25-11-24-19)27-12-26-20/h1-9,11-12H,10H2,(H2,23,24,25,26,27). The second kappa shape index (κ2) is 6.90. The van der Waals surface area contributed by atoms with Crippen molar-refractivity contribution in [3.63, 3.8) is 0 Å². The second-order valence-electron chi connectivity index (χ2n) is 6.35. The van der Waals surface area contributed by atoms with Crippen LogP contribution in [0.2, 0.25) is 5.02 Å². The number of nitrogens with zero attached hydrogens (tertiary/aromatic N) is 4. The zero-order chi connectivity index (χ0) is 18.9. The Morgan fingerprint density at radius 3 is 2.71 bits per heavy atom. The van der Waals surface area contributed by atoms with Crippen LogP contribution >= 0.6 is 11.6 Å². The molecule has 0 radical (unpaired) electrons. The SMILES string of the molecule is Clc1cccc2cc(CNc3ncnc4[nH]cnc34)c(-c3ccccc3)nc12. The van der Waals surface area contributed by atoms with E-state index in [2.05, 4.69) is 31.3 Å². The van der Waals surface area contributed by atoms with E-state index < -0.39 is 0 Å². The van der Waals surface area contributed by atoms with Gasteiger partial charge in [-0.1, -0.05) is 54.1 Å². The van der Waals surface area contributed by atoms with Crippen molar-refractivity contribution in [2.45, 2.75) is 6.54 Å². The molecule has 0 spiro atoms. The molecule has 0 aliphatic heterocycles. The summed E-state index contributed by atoms with van der Waals surface area (Å²) in [4.78, 5) is 20.7. The minimum atomic E-state index is 0.540. The zero-order valence-electron chi connectivity index (χ0n) is 14.7. The summed E-state index contributed by atoms with van der Waals surface area (Å²) in [6.45, 7) is 0.540. The molecule has 3 heterocycles. The minimum absolute atomic E-state index is 0.540. The van der Waals surface area contributed by atoms with E-state index in [1.165, 1.54) is 6.33 Å². The summed E-state index contributed by atoms with van der Waals surface area (Å²) in [6.07, 6.45) is 3.12. The van der Waals surface area contributed by atoms with Gasteiger partial charge in [0.2, 0.25) is 0 Å². The van der Waals surface area contributed by atoms with Crippen LogP contribution in [0.15, 0.2) is 67.3 Å². The topological polar surface area (TPSA) is 79.4 Å². The molecule has 136 valence electrons. The van der Waals surface area contributed by atoms with Gasteiger partial charge >= 0.3 is 0 Å². The molecule has 0 aliphatic rings. The van der Waals surface area contributed by atoms with Crippen LogP contribution in [0.1, 0.15) is 5.56 Å². The molecular formula is C21H15ClN6. The van der Waals surface area contributed by atoms with Gasteiger partial charge in [0.25, 0.3) is 0 Å². The van der Waals surface area contributed by atoms with Gasteiger partial charge in [-0.25, -0.2) is 19.9 Å². The second-order valence-corrected chi connectivity index (χ2v) is 6.76. The monoisotopic (exact) mass is 386 g/mol. The number of hydrogen-bond donors (Lipinski definition) is 2.